The molecule has 2 aromatic rings. The molecule has 1 aromatic carbocycles. The molecule has 0 unspecified atom stereocenters. The molecule has 2 rings (SSSR count). The third-order valence-electron chi connectivity index (χ3n) is 3.22. The largest absolute Gasteiger partial charge is 0.389 e. The van der Waals surface area contributed by atoms with E-state index in [0.717, 1.165) is 30.9 Å². The minimum atomic E-state index is 0.393. The maximum absolute atomic E-state index is 5.61. The number of para-hydroxylation sites is 1. The first-order valence-corrected chi connectivity index (χ1v) is 7.33. The first-order valence-electron chi connectivity index (χ1n) is 6.93. The molecule has 110 valence electrons. The number of benzene rings is 1. The number of nitrogens with zero attached hydrogens (tertiary/aromatic N) is 2. The van der Waals surface area contributed by atoms with Crippen molar-refractivity contribution in [1.82, 2.24) is 4.98 Å². The number of thiocarbonyl (C=S) groups is 1. The van der Waals surface area contributed by atoms with Gasteiger partial charge in [-0.3, -0.25) is 0 Å². The Balaban J connectivity index is 1.77. The number of nitrogens with two attached hydrogens (primary N) is 1. The van der Waals surface area contributed by atoms with Gasteiger partial charge in [-0.1, -0.05) is 30.4 Å². The molecule has 0 atom stereocenters. The van der Waals surface area contributed by atoms with E-state index in [4.69, 9.17) is 18.0 Å². The van der Waals surface area contributed by atoms with Crippen LogP contribution in [0.4, 0.5) is 11.5 Å². The zero-order valence-corrected chi connectivity index (χ0v) is 12.9. The molecule has 21 heavy (non-hydrogen) atoms. The molecule has 0 radical (unpaired) electrons. The molecule has 0 saturated carbocycles. The standard InChI is InChI=1S/C16H20N4S/c1-20(14-6-3-2-4-7-14)11-5-9-18-15-12-13(16(17)21)8-10-19-15/h2-4,6-8,10,12H,5,9,11H2,1H3,(H2,17,21)(H,18,19). The number of aromatic nitrogens is 1. The highest BCUT2D eigenvalue weighted by Gasteiger charge is 2.01. The van der Waals surface area contributed by atoms with Crippen molar-refractivity contribution in [3.05, 3.63) is 54.2 Å². The van der Waals surface area contributed by atoms with Gasteiger partial charge < -0.3 is 16.0 Å². The maximum atomic E-state index is 5.61. The van der Waals surface area contributed by atoms with Crippen LogP contribution in [0.1, 0.15) is 12.0 Å². The molecule has 3 N–H and O–H groups in total. The molecular weight excluding hydrogens is 280 g/mol. The topological polar surface area (TPSA) is 54.2 Å². The molecule has 0 aliphatic heterocycles. The van der Waals surface area contributed by atoms with E-state index in [9.17, 15) is 0 Å². The van der Waals surface area contributed by atoms with Crippen molar-refractivity contribution >= 4 is 28.7 Å². The Morgan fingerprint density at radius 1 is 1.29 bits per heavy atom. The van der Waals surface area contributed by atoms with Crippen LogP contribution in [0.15, 0.2) is 48.7 Å². The highest BCUT2D eigenvalue weighted by Crippen LogP contribution is 2.11. The van der Waals surface area contributed by atoms with E-state index in [1.807, 2.05) is 18.2 Å². The average molecular weight is 300 g/mol. The zero-order chi connectivity index (χ0) is 15.1. The second-order valence-electron chi connectivity index (χ2n) is 4.83. The average Bonchev–Trinajstić information content (AvgIpc) is 2.52. The summed E-state index contributed by atoms with van der Waals surface area (Å²) in [6.07, 6.45) is 2.73. The van der Waals surface area contributed by atoms with Crippen molar-refractivity contribution < 1.29 is 0 Å². The lowest BCUT2D eigenvalue weighted by Gasteiger charge is -2.19. The van der Waals surface area contributed by atoms with Crippen LogP contribution in [0.5, 0.6) is 0 Å². The number of pyridine rings is 1. The van der Waals surface area contributed by atoms with E-state index >= 15 is 0 Å². The molecule has 1 heterocycles. The molecule has 0 spiro atoms. The Bertz CT molecular complexity index is 586. The first-order chi connectivity index (χ1) is 10.2. The summed E-state index contributed by atoms with van der Waals surface area (Å²) < 4.78 is 0. The van der Waals surface area contributed by atoms with Crippen molar-refractivity contribution in [2.45, 2.75) is 6.42 Å². The summed E-state index contributed by atoms with van der Waals surface area (Å²) >= 11 is 4.96. The summed E-state index contributed by atoms with van der Waals surface area (Å²) in [6.45, 7) is 1.83. The van der Waals surface area contributed by atoms with Crippen molar-refractivity contribution in [2.24, 2.45) is 5.73 Å². The Morgan fingerprint density at radius 2 is 2.05 bits per heavy atom. The van der Waals surface area contributed by atoms with Gasteiger partial charge in [-0.15, -0.1) is 0 Å². The molecule has 5 heteroatoms. The van der Waals surface area contributed by atoms with E-state index in [-0.39, 0.29) is 0 Å². The summed E-state index contributed by atoms with van der Waals surface area (Å²) in [6, 6.07) is 14.0. The summed E-state index contributed by atoms with van der Waals surface area (Å²) in [4.78, 5) is 6.89. The Kier molecular flexibility index (Phi) is 5.51. The first kappa shape index (κ1) is 15.3. The molecule has 1 aromatic heterocycles. The molecule has 4 nitrogen and oxygen atoms in total. The van der Waals surface area contributed by atoms with Gasteiger partial charge in [-0.05, 0) is 30.7 Å². The van der Waals surface area contributed by atoms with Crippen molar-refractivity contribution in [3.8, 4) is 0 Å². The molecule has 0 amide bonds. The lowest BCUT2D eigenvalue weighted by molar-refractivity contribution is 0.814. The molecule has 0 aliphatic rings. The second-order valence-corrected chi connectivity index (χ2v) is 5.27. The highest BCUT2D eigenvalue weighted by atomic mass is 32.1. The zero-order valence-electron chi connectivity index (χ0n) is 12.1. The Labute approximate surface area is 131 Å². The third-order valence-corrected chi connectivity index (χ3v) is 3.45. The summed E-state index contributed by atoms with van der Waals surface area (Å²) in [5.41, 5.74) is 7.68. The van der Waals surface area contributed by atoms with E-state index < -0.39 is 0 Å². The predicted octanol–water partition coefficient (Wildman–Crippen LogP) is 2.65. The van der Waals surface area contributed by atoms with Crippen LogP contribution in [-0.4, -0.2) is 30.1 Å². The minimum Gasteiger partial charge on any atom is -0.389 e. The van der Waals surface area contributed by atoms with Crippen molar-refractivity contribution in [2.75, 3.05) is 30.4 Å². The van der Waals surface area contributed by atoms with Gasteiger partial charge in [0, 0.05) is 37.6 Å². The van der Waals surface area contributed by atoms with Crippen LogP contribution < -0.4 is 16.0 Å². The molecule has 0 aliphatic carbocycles. The van der Waals surface area contributed by atoms with Crippen molar-refractivity contribution in [1.29, 1.82) is 0 Å². The Morgan fingerprint density at radius 3 is 2.76 bits per heavy atom. The Hall–Kier alpha value is -2.14. The number of rotatable bonds is 7. The van der Waals surface area contributed by atoms with E-state index in [1.165, 1.54) is 5.69 Å². The lowest BCUT2D eigenvalue weighted by Crippen LogP contribution is -2.21. The number of anilines is 2. The van der Waals surface area contributed by atoms with Gasteiger partial charge in [0.15, 0.2) is 0 Å². The van der Waals surface area contributed by atoms with E-state index in [0.29, 0.717) is 4.99 Å². The van der Waals surface area contributed by atoms with Gasteiger partial charge in [-0.2, -0.15) is 0 Å². The van der Waals surface area contributed by atoms with Crippen LogP contribution in [0.2, 0.25) is 0 Å². The number of hydrogen-bond donors (Lipinski definition) is 2. The van der Waals surface area contributed by atoms with Gasteiger partial charge in [-0.25, -0.2) is 4.98 Å². The summed E-state index contributed by atoms with van der Waals surface area (Å²) in [5.74, 6) is 0.808. The summed E-state index contributed by atoms with van der Waals surface area (Å²) in [7, 11) is 2.10. The lowest BCUT2D eigenvalue weighted by atomic mass is 10.2. The highest BCUT2D eigenvalue weighted by molar-refractivity contribution is 7.80. The molecule has 0 bridgehead atoms. The van der Waals surface area contributed by atoms with E-state index in [1.54, 1.807) is 6.20 Å². The van der Waals surface area contributed by atoms with Gasteiger partial charge in [0.05, 0.1) is 0 Å². The van der Waals surface area contributed by atoms with E-state index in [2.05, 4.69) is 46.5 Å². The number of hydrogen-bond acceptors (Lipinski definition) is 4. The quantitative estimate of drug-likeness (QED) is 0.608. The van der Waals surface area contributed by atoms with Crippen LogP contribution >= 0.6 is 12.2 Å². The fourth-order valence-electron chi connectivity index (χ4n) is 2.02. The molecular formula is C16H20N4S. The van der Waals surface area contributed by atoms with Gasteiger partial charge in [0.2, 0.25) is 0 Å². The predicted molar refractivity (Wildman–Crippen MR) is 92.9 cm³/mol. The molecule has 0 saturated heterocycles. The monoisotopic (exact) mass is 300 g/mol. The SMILES string of the molecule is CN(CCCNc1cc(C(N)=S)ccn1)c1ccccc1. The van der Waals surface area contributed by atoms with Crippen molar-refractivity contribution in [3.63, 3.8) is 0 Å². The molecule has 0 fully saturated rings. The normalized spacial score (nSPS) is 10.1. The maximum Gasteiger partial charge on any atom is 0.126 e. The van der Waals surface area contributed by atoms with Gasteiger partial charge in [0.25, 0.3) is 0 Å². The van der Waals surface area contributed by atoms with Gasteiger partial charge >= 0.3 is 0 Å². The van der Waals surface area contributed by atoms with Crippen LogP contribution in [0.25, 0.3) is 0 Å². The fourth-order valence-corrected chi connectivity index (χ4v) is 2.15. The van der Waals surface area contributed by atoms with Crippen LogP contribution in [0, 0.1) is 0 Å². The van der Waals surface area contributed by atoms with Crippen LogP contribution in [0.3, 0.4) is 0 Å². The fraction of sp³-hybridized carbons (Fsp3) is 0.250. The minimum absolute atomic E-state index is 0.393. The number of nitrogens with one attached hydrogen (secondary N) is 1. The smallest absolute Gasteiger partial charge is 0.126 e. The second kappa shape index (κ2) is 7.59. The third kappa shape index (κ3) is 4.72. The van der Waals surface area contributed by atoms with Crippen LogP contribution in [-0.2, 0) is 0 Å². The summed E-state index contributed by atoms with van der Waals surface area (Å²) in [5, 5.41) is 3.29. The van der Waals surface area contributed by atoms with Gasteiger partial charge in [0.1, 0.15) is 10.8 Å².